The molecule has 1 aromatic carbocycles. The molecule has 32 heavy (non-hydrogen) atoms. The summed E-state index contributed by atoms with van der Waals surface area (Å²) in [4.78, 5) is 18.9. The van der Waals surface area contributed by atoms with Gasteiger partial charge in [0.2, 0.25) is 5.89 Å². The minimum absolute atomic E-state index is 0.290. The average Bonchev–Trinajstić information content (AvgIpc) is 3.47. The highest BCUT2D eigenvalue weighted by molar-refractivity contribution is 7.97. The van der Waals surface area contributed by atoms with E-state index < -0.39 is 0 Å². The van der Waals surface area contributed by atoms with Crippen LogP contribution in [0.5, 0.6) is 0 Å². The van der Waals surface area contributed by atoms with Gasteiger partial charge in [0.1, 0.15) is 10.3 Å². The van der Waals surface area contributed by atoms with E-state index in [2.05, 4.69) is 70.0 Å². The highest BCUT2D eigenvalue weighted by Crippen LogP contribution is 2.34. The van der Waals surface area contributed by atoms with Gasteiger partial charge in [0.15, 0.2) is 11.0 Å². The molecule has 1 N–H and O–H groups in total. The number of thiazole rings is 1. The summed E-state index contributed by atoms with van der Waals surface area (Å²) in [5.41, 5.74) is 3.05. The van der Waals surface area contributed by atoms with Crippen molar-refractivity contribution >= 4 is 38.8 Å². The number of rotatable bonds is 6. The second kappa shape index (κ2) is 9.17. The second-order valence-electron chi connectivity index (χ2n) is 8.25. The molecule has 0 radical (unpaired) electrons. The smallest absolute Gasteiger partial charge is 0.229 e. The lowest BCUT2D eigenvalue weighted by Gasteiger charge is -2.29. The summed E-state index contributed by atoms with van der Waals surface area (Å²) in [5, 5.41) is 5.16. The molecule has 4 aromatic rings. The molecule has 0 bridgehead atoms. The predicted molar refractivity (Wildman–Crippen MR) is 130 cm³/mol. The van der Waals surface area contributed by atoms with Crippen molar-refractivity contribution in [2.75, 3.05) is 25.0 Å². The van der Waals surface area contributed by atoms with Gasteiger partial charge in [-0.15, -0.1) is 0 Å². The van der Waals surface area contributed by atoms with Crippen LogP contribution in [0.2, 0.25) is 0 Å². The van der Waals surface area contributed by atoms with E-state index in [0.29, 0.717) is 5.92 Å². The van der Waals surface area contributed by atoms with Crippen molar-refractivity contribution < 1.29 is 4.52 Å². The van der Waals surface area contributed by atoms with Crippen molar-refractivity contribution in [2.24, 2.45) is 0 Å². The number of benzene rings is 1. The first-order valence-corrected chi connectivity index (χ1v) is 12.5. The fourth-order valence-electron chi connectivity index (χ4n) is 3.88. The maximum absolute atomic E-state index is 5.52. The van der Waals surface area contributed by atoms with Crippen LogP contribution in [0.25, 0.3) is 21.6 Å². The van der Waals surface area contributed by atoms with Gasteiger partial charge in [-0.05, 0) is 56.1 Å². The number of pyridine rings is 1. The van der Waals surface area contributed by atoms with Crippen LogP contribution in [0.15, 0.2) is 45.8 Å². The minimum Gasteiger partial charge on any atom is -0.348 e. The van der Waals surface area contributed by atoms with E-state index in [9.17, 15) is 0 Å². The molecule has 7 nitrogen and oxygen atoms in total. The van der Waals surface area contributed by atoms with Crippen LogP contribution in [0.3, 0.4) is 0 Å². The number of aromatic nitrogens is 4. The Hall–Kier alpha value is -2.49. The van der Waals surface area contributed by atoms with E-state index in [-0.39, 0.29) is 5.92 Å². The molecule has 9 heteroatoms. The van der Waals surface area contributed by atoms with Crippen molar-refractivity contribution in [2.45, 2.75) is 43.4 Å². The molecule has 1 fully saturated rings. The third kappa shape index (κ3) is 4.37. The summed E-state index contributed by atoms with van der Waals surface area (Å²) in [6.45, 7) is 6.03. The zero-order chi connectivity index (χ0) is 22.1. The number of nitrogens with one attached hydrogen (secondary N) is 1. The number of nitrogens with zero attached hydrogens (tertiary/aromatic N) is 5. The van der Waals surface area contributed by atoms with Crippen LogP contribution in [0, 0.1) is 0 Å². The Morgan fingerprint density at radius 3 is 2.53 bits per heavy atom. The van der Waals surface area contributed by atoms with Gasteiger partial charge in [-0.25, -0.2) is 9.97 Å². The van der Waals surface area contributed by atoms with E-state index in [4.69, 9.17) is 14.5 Å². The highest BCUT2D eigenvalue weighted by Gasteiger charge is 2.27. The third-order valence-electron chi connectivity index (χ3n) is 5.70. The van der Waals surface area contributed by atoms with Crippen LogP contribution in [-0.2, 0) is 0 Å². The predicted octanol–water partition coefficient (Wildman–Crippen LogP) is 5.48. The van der Waals surface area contributed by atoms with Gasteiger partial charge in [0, 0.05) is 35.4 Å². The number of piperidine rings is 1. The average molecular weight is 467 g/mol. The SMILES string of the molecule is CNSc1ccc(-c2ccc3nc(N4CCC(c5nc(C(C)C)no5)CC4)sc3n2)cc1. The Morgan fingerprint density at radius 2 is 1.84 bits per heavy atom. The molecule has 0 spiro atoms. The summed E-state index contributed by atoms with van der Waals surface area (Å²) in [5.74, 6) is 2.20. The van der Waals surface area contributed by atoms with Crippen LogP contribution in [-0.4, -0.2) is 40.2 Å². The molecule has 5 rings (SSSR count). The molecule has 4 heterocycles. The Kier molecular flexibility index (Phi) is 6.12. The molecule has 1 aliphatic heterocycles. The van der Waals surface area contributed by atoms with E-state index in [0.717, 1.165) is 64.4 Å². The molecule has 0 aliphatic carbocycles. The second-order valence-corrected chi connectivity index (χ2v) is 10.3. The molecule has 1 aliphatic rings. The van der Waals surface area contributed by atoms with Gasteiger partial charge in [-0.2, -0.15) is 4.98 Å². The lowest BCUT2D eigenvalue weighted by molar-refractivity contribution is 0.326. The first-order valence-electron chi connectivity index (χ1n) is 10.9. The summed E-state index contributed by atoms with van der Waals surface area (Å²) in [6, 6.07) is 12.6. The van der Waals surface area contributed by atoms with E-state index >= 15 is 0 Å². The fraction of sp³-hybridized carbons (Fsp3) is 0.391. The largest absolute Gasteiger partial charge is 0.348 e. The topological polar surface area (TPSA) is 80.0 Å². The van der Waals surface area contributed by atoms with Crippen molar-refractivity contribution in [3.05, 3.63) is 48.1 Å². The fourth-order valence-corrected chi connectivity index (χ4v) is 5.38. The number of hydrogen-bond acceptors (Lipinski definition) is 9. The normalized spacial score (nSPS) is 15.2. The maximum Gasteiger partial charge on any atom is 0.229 e. The zero-order valence-corrected chi connectivity index (χ0v) is 20.0. The summed E-state index contributed by atoms with van der Waals surface area (Å²) in [6.07, 6.45) is 1.98. The molecular weight excluding hydrogens is 440 g/mol. The highest BCUT2D eigenvalue weighted by atomic mass is 32.2. The van der Waals surface area contributed by atoms with Gasteiger partial charge in [-0.3, -0.25) is 4.72 Å². The monoisotopic (exact) mass is 466 g/mol. The summed E-state index contributed by atoms with van der Waals surface area (Å²) < 4.78 is 8.62. The molecule has 0 amide bonds. The maximum atomic E-state index is 5.52. The Labute approximate surface area is 195 Å². The number of hydrogen-bond donors (Lipinski definition) is 1. The minimum atomic E-state index is 0.290. The van der Waals surface area contributed by atoms with Gasteiger partial charge in [0.25, 0.3) is 0 Å². The number of anilines is 1. The van der Waals surface area contributed by atoms with E-state index in [1.54, 1.807) is 23.3 Å². The molecule has 166 valence electrons. The Balaban J connectivity index is 1.29. The molecule has 3 aromatic heterocycles. The zero-order valence-electron chi connectivity index (χ0n) is 18.4. The standard InChI is InChI=1S/C23H26N6OS2/c1-14(2)20-27-21(30-28-20)16-10-12-29(13-11-16)23-26-19-9-8-18(25-22(19)31-23)15-4-6-17(7-5-15)32-24-3/h4-9,14,16,24H,10-13H2,1-3H3. The molecular formula is C23H26N6OS2. The van der Waals surface area contributed by atoms with Crippen molar-refractivity contribution in [1.29, 1.82) is 0 Å². The molecule has 0 unspecified atom stereocenters. The van der Waals surface area contributed by atoms with Gasteiger partial charge in [-0.1, -0.05) is 42.5 Å². The van der Waals surface area contributed by atoms with Gasteiger partial charge in [0.05, 0.1) is 5.69 Å². The quantitative estimate of drug-likeness (QED) is 0.375. The van der Waals surface area contributed by atoms with E-state index in [1.165, 1.54) is 4.90 Å². The third-order valence-corrected chi connectivity index (χ3v) is 7.44. The lowest BCUT2D eigenvalue weighted by atomic mass is 9.97. The first-order chi connectivity index (χ1) is 15.6. The molecule has 0 saturated carbocycles. The van der Waals surface area contributed by atoms with Crippen LogP contribution >= 0.6 is 23.3 Å². The van der Waals surface area contributed by atoms with Crippen molar-refractivity contribution in [1.82, 2.24) is 24.8 Å². The van der Waals surface area contributed by atoms with Crippen molar-refractivity contribution in [3.8, 4) is 11.3 Å². The van der Waals surface area contributed by atoms with Crippen LogP contribution < -0.4 is 9.62 Å². The van der Waals surface area contributed by atoms with Crippen molar-refractivity contribution in [3.63, 3.8) is 0 Å². The van der Waals surface area contributed by atoms with Gasteiger partial charge >= 0.3 is 0 Å². The Bertz CT molecular complexity index is 1190. The lowest BCUT2D eigenvalue weighted by Crippen LogP contribution is -2.32. The number of fused-ring (bicyclic) bond motifs is 1. The van der Waals surface area contributed by atoms with E-state index in [1.807, 2.05) is 7.05 Å². The Morgan fingerprint density at radius 1 is 1.06 bits per heavy atom. The van der Waals surface area contributed by atoms with Crippen LogP contribution in [0.1, 0.15) is 50.2 Å². The van der Waals surface area contributed by atoms with Gasteiger partial charge < -0.3 is 9.42 Å². The molecule has 0 atom stereocenters. The molecule has 1 saturated heterocycles. The first kappa shape index (κ1) is 21.4. The summed E-state index contributed by atoms with van der Waals surface area (Å²) >= 11 is 3.27. The van der Waals surface area contributed by atoms with Crippen LogP contribution in [0.4, 0.5) is 5.13 Å². The summed E-state index contributed by atoms with van der Waals surface area (Å²) in [7, 11) is 1.92.